The summed E-state index contributed by atoms with van der Waals surface area (Å²) in [6.45, 7) is 1.20. The van der Waals surface area contributed by atoms with Gasteiger partial charge in [0.05, 0.1) is 0 Å². The molecule has 0 aliphatic carbocycles. The number of halogens is 1. The Hall–Kier alpha value is -2.99. The van der Waals surface area contributed by atoms with Crippen molar-refractivity contribution < 1.29 is 4.74 Å². The molecular weight excluding hydrogens is 416 g/mol. The molecule has 5 nitrogen and oxygen atoms in total. The predicted molar refractivity (Wildman–Crippen MR) is 112 cm³/mol. The van der Waals surface area contributed by atoms with Gasteiger partial charge >= 0.3 is 0 Å². The van der Waals surface area contributed by atoms with E-state index in [4.69, 9.17) is 4.74 Å². The van der Waals surface area contributed by atoms with Crippen LogP contribution in [-0.2, 0) is 19.6 Å². The molecule has 0 saturated heterocycles. The van der Waals surface area contributed by atoms with Crippen LogP contribution in [-0.4, -0.2) is 20.2 Å². The molecule has 0 fully saturated rings. The Labute approximate surface area is 172 Å². The molecule has 0 amide bonds. The summed E-state index contributed by atoms with van der Waals surface area (Å²) in [6, 6.07) is 26.2. The second-order valence-corrected chi connectivity index (χ2v) is 7.28. The monoisotopic (exact) mass is 434 g/mol. The molecule has 140 valence electrons. The Balaban J connectivity index is 1.49. The van der Waals surface area contributed by atoms with Crippen LogP contribution in [0.25, 0.3) is 11.4 Å². The lowest BCUT2D eigenvalue weighted by atomic mass is 10.1. The standard InChI is InChI=1S/C22H19BrN4O/c23-20-11-12-21(28-16-17-7-3-1-4-8-17)19(15-20)13-14-27-22(24-25-26-27)18-9-5-2-6-10-18/h1-12,15H,13-14,16H2. The summed E-state index contributed by atoms with van der Waals surface area (Å²) in [5, 5.41) is 12.2. The van der Waals surface area contributed by atoms with E-state index in [1.807, 2.05) is 65.3 Å². The quantitative estimate of drug-likeness (QED) is 0.413. The van der Waals surface area contributed by atoms with Crippen molar-refractivity contribution in [3.8, 4) is 17.1 Å². The zero-order chi connectivity index (χ0) is 19.2. The summed E-state index contributed by atoms with van der Waals surface area (Å²) in [5.41, 5.74) is 3.25. The van der Waals surface area contributed by atoms with E-state index >= 15 is 0 Å². The molecule has 0 spiro atoms. The Kier molecular flexibility index (Phi) is 5.77. The van der Waals surface area contributed by atoms with Crippen LogP contribution in [0.5, 0.6) is 5.75 Å². The lowest BCUT2D eigenvalue weighted by molar-refractivity contribution is 0.302. The third kappa shape index (κ3) is 4.46. The Bertz CT molecular complexity index is 1030. The second kappa shape index (κ2) is 8.80. The highest BCUT2D eigenvalue weighted by atomic mass is 79.9. The van der Waals surface area contributed by atoms with E-state index in [2.05, 4.69) is 49.7 Å². The fourth-order valence-corrected chi connectivity index (χ4v) is 3.40. The van der Waals surface area contributed by atoms with Crippen molar-refractivity contribution in [1.29, 1.82) is 0 Å². The van der Waals surface area contributed by atoms with Gasteiger partial charge in [-0.3, -0.25) is 0 Å². The van der Waals surface area contributed by atoms with Crippen LogP contribution in [0.4, 0.5) is 0 Å². The van der Waals surface area contributed by atoms with Crippen LogP contribution in [0.2, 0.25) is 0 Å². The van der Waals surface area contributed by atoms with E-state index in [1.165, 1.54) is 0 Å². The van der Waals surface area contributed by atoms with Gasteiger partial charge in [-0.2, -0.15) is 0 Å². The number of benzene rings is 3. The third-order valence-corrected chi connectivity index (χ3v) is 4.91. The van der Waals surface area contributed by atoms with Gasteiger partial charge in [-0.05, 0) is 46.2 Å². The summed E-state index contributed by atoms with van der Waals surface area (Å²) < 4.78 is 8.93. The fraction of sp³-hybridized carbons (Fsp3) is 0.136. The number of hydrogen-bond donors (Lipinski definition) is 0. The number of aryl methyl sites for hydroxylation is 2. The molecule has 4 aromatic rings. The van der Waals surface area contributed by atoms with Crippen LogP contribution in [0.3, 0.4) is 0 Å². The van der Waals surface area contributed by atoms with Crippen molar-refractivity contribution in [2.75, 3.05) is 0 Å². The normalized spacial score (nSPS) is 10.8. The number of aromatic nitrogens is 4. The van der Waals surface area contributed by atoms with Crippen LogP contribution in [0.1, 0.15) is 11.1 Å². The van der Waals surface area contributed by atoms with Crippen LogP contribution in [0, 0.1) is 0 Å². The Morgan fingerprint density at radius 1 is 0.893 bits per heavy atom. The van der Waals surface area contributed by atoms with Crippen molar-refractivity contribution in [1.82, 2.24) is 20.2 Å². The third-order valence-electron chi connectivity index (χ3n) is 4.42. The first kappa shape index (κ1) is 18.4. The lowest BCUT2D eigenvalue weighted by Crippen LogP contribution is -2.07. The first-order valence-corrected chi connectivity index (χ1v) is 9.85. The van der Waals surface area contributed by atoms with E-state index < -0.39 is 0 Å². The van der Waals surface area contributed by atoms with Crippen molar-refractivity contribution >= 4 is 15.9 Å². The Morgan fingerprint density at radius 3 is 2.43 bits per heavy atom. The van der Waals surface area contributed by atoms with Gasteiger partial charge < -0.3 is 4.74 Å². The largest absolute Gasteiger partial charge is 0.489 e. The molecule has 0 saturated carbocycles. The van der Waals surface area contributed by atoms with Crippen molar-refractivity contribution in [3.05, 3.63) is 94.5 Å². The minimum absolute atomic E-state index is 0.537. The average Bonchev–Trinajstić information content (AvgIpc) is 3.21. The zero-order valence-corrected chi connectivity index (χ0v) is 16.8. The highest BCUT2D eigenvalue weighted by molar-refractivity contribution is 9.10. The zero-order valence-electron chi connectivity index (χ0n) is 15.2. The van der Waals surface area contributed by atoms with Gasteiger partial charge in [-0.1, -0.05) is 76.6 Å². The molecule has 3 aromatic carbocycles. The first-order chi connectivity index (χ1) is 13.8. The molecule has 6 heteroatoms. The summed E-state index contributed by atoms with van der Waals surface area (Å²) in [5.74, 6) is 1.64. The second-order valence-electron chi connectivity index (χ2n) is 6.37. The van der Waals surface area contributed by atoms with Crippen LogP contribution >= 0.6 is 15.9 Å². The molecule has 1 heterocycles. The summed E-state index contributed by atoms with van der Waals surface area (Å²) in [4.78, 5) is 0. The smallest absolute Gasteiger partial charge is 0.182 e. The van der Waals surface area contributed by atoms with Crippen LogP contribution < -0.4 is 4.74 Å². The molecule has 0 atom stereocenters. The maximum absolute atomic E-state index is 6.08. The highest BCUT2D eigenvalue weighted by Crippen LogP contribution is 2.25. The minimum Gasteiger partial charge on any atom is -0.489 e. The molecule has 0 radical (unpaired) electrons. The SMILES string of the molecule is Brc1ccc(OCc2ccccc2)c(CCn2nnnc2-c2ccccc2)c1. The van der Waals surface area contributed by atoms with E-state index in [0.717, 1.165) is 39.2 Å². The van der Waals surface area contributed by atoms with Gasteiger partial charge in [0.15, 0.2) is 5.82 Å². The minimum atomic E-state index is 0.537. The number of ether oxygens (including phenoxy) is 1. The number of rotatable bonds is 7. The number of hydrogen-bond acceptors (Lipinski definition) is 4. The van der Waals surface area contributed by atoms with E-state index in [1.54, 1.807) is 0 Å². The van der Waals surface area contributed by atoms with Crippen molar-refractivity contribution in [2.45, 2.75) is 19.6 Å². The molecule has 0 unspecified atom stereocenters. The molecule has 0 N–H and O–H groups in total. The predicted octanol–water partition coefficient (Wildman–Crippen LogP) is 4.92. The van der Waals surface area contributed by atoms with Gasteiger partial charge in [0.2, 0.25) is 0 Å². The Morgan fingerprint density at radius 2 is 1.64 bits per heavy atom. The van der Waals surface area contributed by atoms with Crippen molar-refractivity contribution in [2.24, 2.45) is 0 Å². The van der Waals surface area contributed by atoms with Gasteiger partial charge in [0.1, 0.15) is 12.4 Å². The first-order valence-electron chi connectivity index (χ1n) is 9.06. The van der Waals surface area contributed by atoms with E-state index in [9.17, 15) is 0 Å². The summed E-state index contributed by atoms with van der Waals surface area (Å²) in [6.07, 6.45) is 0.758. The maximum Gasteiger partial charge on any atom is 0.182 e. The van der Waals surface area contributed by atoms with E-state index in [-0.39, 0.29) is 0 Å². The topological polar surface area (TPSA) is 52.8 Å². The number of tetrazole rings is 1. The summed E-state index contributed by atoms with van der Waals surface area (Å²) in [7, 11) is 0. The van der Waals surface area contributed by atoms with Gasteiger partial charge in [0, 0.05) is 16.6 Å². The molecule has 0 aliphatic rings. The van der Waals surface area contributed by atoms with Crippen LogP contribution in [0.15, 0.2) is 83.3 Å². The molecule has 0 bridgehead atoms. The van der Waals surface area contributed by atoms with Gasteiger partial charge in [0.25, 0.3) is 0 Å². The van der Waals surface area contributed by atoms with Gasteiger partial charge in [-0.25, -0.2) is 4.68 Å². The summed E-state index contributed by atoms with van der Waals surface area (Å²) >= 11 is 3.56. The number of nitrogens with zero attached hydrogens (tertiary/aromatic N) is 4. The highest BCUT2D eigenvalue weighted by Gasteiger charge is 2.11. The lowest BCUT2D eigenvalue weighted by Gasteiger charge is -2.13. The van der Waals surface area contributed by atoms with Gasteiger partial charge in [-0.15, -0.1) is 5.10 Å². The average molecular weight is 435 g/mol. The van der Waals surface area contributed by atoms with Crippen molar-refractivity contribution in [3.63, 3.8) is 0 Å². The van der Waals surface area contributed by atoms with E-state index in [0.29, 0.717) is 13.2 Å². The molecule has 4 rings (SSSR count). The molecule has 28 heavy (non-hydrogen) atoms. The molecular formula is C22H19BrN4O. The molecule has 0 aliphatic heterocycles. The molecule has 1 aromatic heterocycles. The fourth-order valence-electron chi connectivity index (χ4n) is 3.00. The maximum atomic E-state index is 6.08.